The molecule has 3 heterocycles. The lowest BCUT2D eigenvalue weighted by atomic mass is 10.1. The van der Waals surface area contributed by atoms with Crippen molar-refractivity contribution in [2.45, 2.75) is 13.1 Å². The molecule has 1 aliphatic rings. The van der Waals surface area contributed by atoms with E-state index in [4.69, 9.17) is 0 Å². The molecule has 1 saturated heterocycles. The number of phenols is 1. The van der Waals surface area contributed by atoms with Crippen molar-refractivity contribution < 1.29 is 23.1 Å². The normalized spacial score (nSPS) is 15.2. The van der Waals surface area contributed by atoms with E-state index in [-0.39, 0.29) is 17.4 Å². The van der Waals surface area contributed by atoms with Gasteiger partial charge in [-0.1, -0.05) is 6.07 Å². The quantitative estimate of drug-likeness (QED) is 0.702. The number of halogens is 3. The number of hydrogen-bond donors (Lipinski definition) is 1. The number of hydrogen-bond acceptors (Lipinski definition) is 6. The largest absolute Gasteiger partial charge is 0.508 e. The number of aryl methyl sites for hydroxylation is 1. The van der Waals surface area contributed by atoms with Crippen molar-refractivity contribution in [3.63, 3.8) is 0 Å². The number of fused-ring (bicyclic) bond motifs is 1. The standard InChI is InChI=1S/C18H17F3N6O2/c1-11-9-14(27-17(22-11)23-16(24-27)18(19,20)21)25-5-7-26(8-6-25)15(29)12-3-2-4-13(28)10-12/h2-4,9-10,28H,5-8H2,1H3. The minimum Gasteiger partial charge on any atom is -0.508 e. The van der Waals surface area contributed by atoms with Gasteiger partial charge in [0.1, 0.15) is 11.6 Å². The number of amides is 1. The number of aromatic hydroxyl groups is 1. The van der Waals surface area contributed by atoms with Crippen LogP contribution < -0.4 is 4.90 Å². The van der Waals surface area contributed by atoms with E-state index >= 15 is 0 Å². The summed E-state index contributed by atoms with van der Waals surface area (Å²) < 4.78 is 40.1. The zero-order valence-electron chi connectivity index (χ0n) is 15.4. The first-order chi connectivity index (χ1) is 13.7. The summed E-state index contributed by atoms with van der Waals surface area (Å²) in [4.78, 5) is 23.6. The van der Waals surface area contributed by atoms with Gasteiger partial charge >= 0.3 is 6.18 Å². The molecule has 4 rings (SSSR count). The first kappa shape index (κ1) is 19.0. The van der Waals surface area contributed by atoms with Crippen molar-refractivity contribution >= 4 is 17.5 Å². The smallest absolute Gasteiger partial charge is 0.453 e. The van der Waals surface area contributed by atoms with Crippen LogP contribution in [-0.2, 0) is 6.18 Å². The number of rotatable bonds is 2. The Balaban J connectivity index is 1.56. The molecule has 0 spiro atoms. The average Bonchev–Trinajstić information content (AvgIpc) is 3.11. The molecular formula is C18H17F3N6O2. The second-order valence-corrected chi connectivity index (χ2v) is 6.73. The summed E-state index contributed by atoms with van der Waals surface area (Å²) in [7, 11) is 0. The van der Waals surface area contributed by atoms with Crippen LogP contribution in [0.5, 0.6) is 5.75 Å². The molecular weight excluding hydrogens is 389 g/mol. The third-order valence-corrected chi connectivity index (χ3v) is 4.66. The fourth-order valence-corrected chi connectivity index (χ4v) is 3.27. The molecule has 0 saturated carbocycles. The van der Waals surface area contributed by atoms with Gasteiger partial charge in [-0.05, 0) is 25.1 Å². The fourth-order valence-electron chi connectivity index (χ4n) is 3.27. The van der Waals surface area contributed by atoms with Crippen LogP contribution in [0, 0.1) is 6.92 Å². The highest BCUT2D eigenvalue weighted by Gasteiger charge is 2.37. The van der Waals surface area contributed by atoms with Gasteiger partial charge in [0.05, 0.1) is 0 Å². The lowest BCUT2D eigenvalue weighted by Gasteiger charge is -2.36. The van der Waals surface area contributed by atoms with Crippen LogP contribution in [0.3, 0.4) is 0 Å². The summed E-state index contributed by atoms with van der Waals surface area (Å²) in [6.45, 7) is 3.23. The van der Waals surface area contributed by atoms with Gasteiger partial charge in [-0.2, -0.15) is 22.7 Å². The number of benzene rings is 1. The van der Waals surface area contributed by atoms with Gasteiger partial charge in [0.15, 0.2) is 0 Å². The molecule has 1 amide bonds. The van der Waals surface area contributed by atoms with Crippen molar-refractivity contribution in [2.75, 3.05) is 31.1 Å². The van der Waals surface area contributed by atoms with Gasteiger partial charge in [0, 0.05) is 43.5 Å². The van der Waals surface area contributed by atoms with Gasteiger partial charge in [0.2, 0.25) is 0 Å². The Morgan fingerprint density at radius 2 is 1.83 bits per heavy atom. The average molecular weight is 406 g/mol. The van der Waals surface area contributed by atoms with Crippen molar-refractivity contribution in [3.8, 4) is 5.75 Å². The molecule has 29 heavy (non-hydrogen) atoms. The Kier molecular flexibility index (Phi) is 4.52. The van der Waals surface area contributed by atoms with Gasteiger partial charge in [-0.3, -0.25) is 4.79 Å². The van der Waals surface area contributed by atoms with Crippen LogP contribution in [0.25, 0.3) is 5.78 Å². The molecule has 0 atom stereocenters. The second-order valence-electron chi connectivity index (χ2n) is 6.73. The minimum atomic E-state index is -4.66. The Hall–Kier alpha value is -3.37. The Bertz CT molecular complexity index is 1070. The molecule has 2 aromatic heterocycles. The van der Waals surface area contributed by atoms with Gasteiger partial charge in [-0.15, -0.1) is 5.10 Å². The van der Waals surface area contributed by atoms with Crippen LogP contribution in [-0.4, -0.2) is 61.7 Å². The third kappa shape index (κ3) is 3.67. The van der Waals surface area contributed by atoms with Crippen LogP contribution in [0.2, 0.25) is 0 Å². The van der Waals surface area contributed by atoms with Crippen molar-refractivity contribution in [1.29, 1.82) is 0 Å². The molecule has 11 heteroatoms. The number of carbonyl (C=O) groups excluding carboxylic acids is 1. The number of alkyl halides is 3. The molecule has 0 bridgehead atoms. The number of phenolic OH excluding ortho intramolecular Hbond substituents is 1. The molecule has 152 valence electrons. The summed E-state index contributed by atoms with van der Waals surface area (Å²) in [5.41, 5.74) is 0.901. The number of nitrogens with zero attached hydrogens (tertiary/aromatic N) is 6. The lowest BCUT2D eigenvalue weighted by Crippen LogP contribution is -2.49. The molecule has 1 aliphatic heterocycles. The Morgan fingerprint density at radius 3 is 2.48 bits per heavy atom. The molecule has 3 aromatic rings. The number of anilines is 1. The number of carbonyl (C=O) groups is 1. The van der Waals surface area contributed by atoms with Crippen LogP contribution >= 0.6 is 0 Å². The molecule has 8 nitrogen and oxygen atoms in total. The summed E-state index contributed by atoms with van der Waals surface area (Å²) in [5.74, 6) is -1.12. The molecule has 1 fully saturated rings. The van der Waals surface area contributed by atoms with Gasteiger partial charge < -0.3 is 14.9 Å². The van der Waals surface area contributed by atoms with Crippen molar-refractivity contribution in [3.05, 3.63) is 47.4 Å². The summed E-state index contributed by atoms with van der Waals surface area (Å²) in [6, 6.07) is 7.75. The number of aromatic nitrogens is 4. The maximum Gasteiger partial charge on any atom is 0.453 e. The predicted octanol–water partition coefficient (Wildman–Crippen LogP) is 2.12. The van der Waals surface area contributed by atoms with Gasteiger partial charge in [-0.25, -0.2) is 4.98 Å². The highest BCUT2D eigenvalue weighted by Crippen LogP contribution is 2.28. The summed E-state index contributed by atoms with van der Waals surface area (Å²) >= 11 is 0. The summed E-state index contributed by atoms with van der Waals surface area (Å²) in [5, 5.41) is 13.1. The maximum absolute atomic E-state index is 13.0. The molecule has 1 N–H and O–H groups in total. The second kappa shape index (κ2) is 6.90. The SMILES string of the molecule is Cc1cc(N2CCN(C(=O)c3cccc(O)c3)CC2)n2nc(C(F)(F)F)nc2n1. The van der Waals surface area contributed by atoms with Crippen LogP contribution in [0.4, 0.5) is 19.0 Å². The zero-order valence-corrected chi connectivity index (χ0v) is 15.4. The zero-order chi connectivity index (χ0) is 20.8. The van der Waals surface area contributed by atoms with Crippen molar-refractivity contribution in [2.24, 2.45) is 0 Å². The van der Waals surface area contributed by atoms with E-state index in [0.29, 0.717) is 43.3 Å². The van der Waals surface area contributed by atoms with Crippen molar-refractivity contribution in [1.82, 2.24) is 24.5 Å². The highest BCUT2D eigenvalue weighted by atomic mass is 19.4. The fraction of sp³-hybridized carbons (Fsp3) is 0.333. The van der Waals surface area contributed by atoms with Crippen LogP contribution in [0.1, 0.15) is 21.9 Å². The molecule has 0 unspecified atom stereocenters. The first-order valence-corrected chi connectivity index (χ1v) is 8.87. The molecule has 0 aliphatic carbocycles. The van der Waals surface area contributed by atoms with E-state index in [9.17, 15) is 23.1 Å². The van der Waals surface area contributed by atoms with E-state index in [1.165, 1.54) is 12.1 Å². The van der Waals surface area contributed by atoms with E-state index in [0.717, 1.165) is 4.52 Å². The predicted molar refractivity (Wildman–Crippen MR) is 96.7 cm³/mol. The van der Waals surface area contributed by atoms with Gasteiger partial charge in [0.25, 0.3) is 17.5 Å². The van der Waals surface area contributed by atoms with E-state index in [2.05, 4.69) is 15.1 Å². The van der Waals surface area contributed by atoms with E-state index in [1.807, 2.05) is 4.90 Å². The number of piperazine rings is 1. The first-order valence-electron chi connectivity index (χ1n) is 8.87. The van der Waals surface area contributed by atoms with E-state index < -0.39 is 12.0 Å². The lowest BCUT2D eigenvalue weighted by molar-refractivity contribution is -0.144. The Morgan fingerprint density at radius 1 is 1.10 bits per heavy atom. The summed E-state index contributed by atoms with van der Waals surface area (Å²) in [6.07, 6.45) is -4.66. The Labute approximate surface area is 163 Å². The minimum absolute atomic E-state index is 0.00999. The molecule has 0 radical (unpaired) electrons. The van der Waals surface area contributed by atoms with E-state index in [1.54, 1.807) is 30.0 Å². The molecule has 1 aromatic carbocycles. The third-order valence-electron chi connectivity index (χ3n) is 4.66. The topological polar surface area (TPSA) is 86.9 Å². The maximum atomic E-state index is 13.0. The highest BCUT2D eigenvalue weighted by molar-refractivity contribution is 5.94. The van der Waals surface area contributed by atoms with Crippen LogP contribution in [0.15, 0.2) is 30.3 Å². The monoisotopic (exact) mass is 406 g/mol.